The summed E-state index contributed by atoms with van der Waals surface area (Å²) in [5.74, 6) is 1.10. The van der Waals surface area contributed by atoms with Crippen molar-refractivity contribution in [3.8, 4) is 5.75 Å². The first-order valence-electron chi connectivity index (χ1n) is 9.20. The number of hydrogen-bond acceptors (Lipinski definition) is 4. The molecule has 2 heterocycles. The lowest BCUT2D eigenvalue weighted by atomic mass is 9.99. The minimum atomic E-state index is 0. The Morgan fingerprint density at radius 3 is 2.69 bits per heavy atom. The van der Waals surface area contributed by atoms with Gasteiger partial charge in [0.1, 0.15) is 12.4 Å². The van der Waals surface area contributed by atoms with E-state index in [9.17, 15) is 4.79 Å². The van der Waals surface area contributed by atoms with Crippen molar-refractivity contribution in [2.75, 3.05) is 44.6 Å². The molecule has 0 aliphatic carbocycles. The lowest BCUT2D eigenvalue weighted by Crippen LogP contribution is -2.37. The van der Waals surface area contributed by atoms with Crippen molar-refractivity contribution in [2.24, 2.45) is 5.92 Å². The zero-order valence-electron chi connectivity index (χ0n) is 15.5. The van der Waals surface area contributed by atoms with Gasteiger partial charge in [-0.2, -0.15) is 0 Å². The summed E-state index contributed by atoms with van der Waals surface area (Å²) in [5, 5.41) is 6.32. The van der Waals surface area contributed by atoms with Gasteiger partial charge >= 0.3 is 0 Å². The Bertz CT molecular complexity index is 560. The van der Waals surface area contributed by atoms with E-state index >= 15 is 0 Å². The number of ether oxygens (including phenoxy) is 1. The number of piperidine rings is 1. The summed E-state index contributed by atoms with van der Waals surface area (Å²) in [4.78, 5) is 14.7. The SMILES string of the molecule is Cc1cc(NC(=O)C2CCCNC2)ccc1OCCN1CCCC1.Cl.Cl. The number of carbonyl (C=O) groups excluding carboxylic acids is 1. The third-order valence-electron chi connectivity index (χ3n) is 4.97. The van der Waals surface area contributed by atoms with Crippen LogP contribution in [0.25, 0.3) is 0 Å². The molecule has 2 aliphatic heterocycles. The Morgan fingerprint density at radius 2 is 2.04 bits per heavy atom. The Labute approximate surface area is 169 Å². The fourth-order valence-corrected chi connectivity index (χ4v) is 3.50. The van der Waals surface area contributed by atoms with Gasteiger partial charge in [0.2, 0.25) is 5.91 Å². The van der Waals surface area contributed by atoms with Gasteiger partial charge in [0, 0.05) is 18.8 Å². The molecule has 3 rings (SSSR count). The van der Waals surface area contributed by atoms with Gasteiger partial charge in [-0.15, -0.1) is 24.8 Å². The fraction of sp³-hybridized carbons (Fsp3) is 0.632. The molecule has 148 valence electrons. The number of nitrogens with zero attached hydrogens (tertiary/aromatic N) is 1. The zero-order chi connectivity index (χ0) is 16.8. The van der Waals surface area contributed by atoms with Crippen molar-refractivity contribution in [1.29, 1.82) is 0 Å². The van der Waals surface area contributed by atoms with Crippen molar-refractivity contribution < 1.29 is 9.53 Å². The van der Waals surface area contributed by atoms with E-state index < -0.39 is 0 Å². The molecule has 1 aromatic carbocycles. The van der Waals surface area contributed by atoms with E-state index in [1.807, 2.05) is 25.1 Å². The maximum atomic E-state index is 12.3. The number of carbonyl (C=O) groups is 1. The van der Waals surface area contributed by atoms with E-state index in [0.717, 1.165) is 56.1 Å². The molecule has 7 heteroatoms. The second-order valence-electron chi connectivity index (χ2n) is 6.91. The van der Waals surface area contributed by atoms with Gasteiger partial charge in [-0.05, 0) is 76.0 Å². The maximum Gasteiger partial charge on any atom is 0.228 e. The van der Waals surface area contributed by atoms with Gasteiger partial charge in [0.05, 0.1) is 5.92 Å². The third-order valence-corrected chi connectivity index (χ3v) is 4.97. The minimum Gasteiger partial charge on any atom is -0.492 e. The average Bonchev–Trinajstić information content (AvgIpc) is 3.11. The Kier molecular flexibility index (Phi) is 10.3. The first-order chi connectivity index (χ1) is 11.7. The highest BCUT2D eigenvalue weighted by Crippen LogP contribution is 2.23. The largest absolute Gasteiger partial charge is 0.492 e. The van der Waals surface area contributed by atoms with Crippen LogP contribution in [0.15, 0.2) is 18.2 Å². The van der Waals surface area contributed by atoms with Crippen molar-refractivity contribution in [3.05, 3.63) is 23.8 Å². The average molecular weight is 404 g/mol. The molecule has 1 amide bonds. The molecule has 2 N–H and O–H groups in total. The summed E-state index contributed by atoms with van der Waals surface area (Å²) in [7, 11) is 0. The highest BCUT2D eigenvalue weighted by Gasteiger charge is 2.21. The first-order valence-corrected chi connectivity index (χ1v) is 9.20. The molecule has 2 saturated heterocycles. The van der Waals surface area contributed by atoms with Crippen LogP contribution in [-0.2, 0) is 4.79 Å². The lowest BCUT2D eigenvalue weighted by molar-refractivity contribution is -0.120. The number of benzene rings is 1. The predicted octanol–water partition coefficient (Wildman–Crippen LogP) is 3.25. The summed E-state index contributed by atoms with van der Waals surface area (Å²) >= 11 is 0. The molecule has 1 aromatic rings. The third kappa shape index (κ3) is 6.62. The van der Waals surface area contributed by atoms with E-state index in [1.165, 1.54) is 25.9 Å². The summed E-state index contributed by atoms with van der Waals surface area (Å²) in [6.45, 7) is 7.94. The van der Waals surface area contributed by atoms with Crippen LogP contribution < -0.4 is 15.4 Å². The number of halogens is 2. The molecule has 0 spiro atoms. The zero-order valence-corrected chi connectivity index (χ0v) is 17.1. The molecule has 0 bridgehead atoms. The van der Waals surface area contributed by atoms with Gasteiger partial charge in [0.15, 0.2) is 0 Å². The number of amides is 1. The Balaban J connectivity index is 0.00000169. The van der Waals surface area contributed by atoms with Crippen LogP contribution in [0.2, 0.25) is 0 Å². The van der Waals surface area contributed by atoms with Gasteiger partial charge in [0.25, 0.3) is 0 Å². The first kappa shape index (κ1) is 23.0. The van der Waals surface area contributed by atoms with Crippen LogP contribution in [0.5, 0.6) is 5.75 Å². The van der Waals surface area contributed by atoms with Gasteiger partial charge in [-0.25, -0.2) is 0 Å². The second kappa shape index (κ2) is 11.7. The normalized spacial score (nSPS) is 20.0. The van der Waals surface area contributed by atoms with Crippen molar-refractivity contribution in [2.45, 2.75) is 32.6 Å². The van der Waals surface area contributed by atoms with Crippen molar-refractivity contribution in [1.82, 2.24) is 10.2 Å². The van der Waals surface area contributed by atoms with E-state index in [-0.39, 0.29) is 36.6 Å². The fourth-order valence-electron chi connectivity index (χ4n) is 3.50. The number of nitrogens with one attached hydrogen (secondary N) is 2. The van der Waals surface area contributed by atoms with Crippen LogP contribution >= 0.6 is 24.8 Å². The number of rotatable bonds is 6. The number of likely N-dealkylation sites (tertiary alicyclic amines) is 1. The lowest BCUT2D eigenvalue weighted by Gasteiger charge is -2.22. The second-order valence-corrected chi connectivity index (χ2v) is 6.91. The molecule has 1 atom stereocenters. The predicted molar refractivity (Wildman–Crippen MR) is 111 cm³/mol. The molecular formula is C19H31Cl2N3O2. The molecule has 2 fully saturated rings. The van der Waals surface area contributed by atoms with Gasteiger partial charge in [-0.1, -0.05) is 0 Å². The Morgan fingerprint density at radius 1 is 1.27 bits per heavy atom. The minimum absolute atomic E-state index is 0. The smallest absolute Gasteiger partial charge is 0.228 e. The summed E-state index contributed by atoms with van der Waals surface area (Å²) < 4.78 is 5.91. The molecule has 0 saturated carbocycles. The van der Waals surface area contributed by atoms with E-state index in [4.69, 9.17) is 4.74 Å². The van der Waals surface area contributed by atoms with Gasteiger partial charge in [-0.3, -0.25) is 9.69 Å². The molecule has 0 aromatic heterocycles. The standard InChI is InChI=1S/C19H29N3O2.2ClH/c1-15-13-17(21-19(23)16-5-4-8-20-14-16)6-7-18(15)24-12-11-22-9-2-3-10-22;;/h6-7,13,16,20H,2-5,8-12,14H2,1H3,(H,21,23);2*1H. The number of aryl methyl sites for hydroxylation is 1. The van der Waals surface area contributed by atoms with Gasteiger partial charge < -0.3 is 15.4 Å². The van der Waals surface area contributed by atoms with E-state index in [1.54, 1.807) is 0 Å². The van der Waals surface area contributed by atoms with Crippen LogP contribution in [0.3, 0.4) is 0 Å². The molecule has 1 unspecified atom stereocenters. The highest BCUT2D eigenvalue weighted by atomic mass is 35.5. The van der Waals surface area contributed by atoms with Crippen LogP contribution in [0, 0.1) is 12.8 Å². The quantitative estimate of drug-likeness (QED) is 0.765. The van der Waals surface area contributed by atoms with E-state index in [0.29, 0.717) is 0 Å². The van der Waals surface area contributed by atoms with Crippen LogP contribution in [-0.4, -0.2) is 50.1 Å². The van der Waals surface area contributed by atoms with Crippen molar-refractivity contribution in [3.63, 3.8) is 0 Å². The Hall–Kier alpha value is -1.01. The topological polar surface area (TPSA) is 53.6 Å². The molecule has 26 heavy (non-hydrogen) atoms. The highest BCUT2D eigenvalue weighted by molar-refractivity contribution is 5.93. The summed E-state index contributed by atoms with van der Waals surface area (Å²) in [5.41, 5.74) is 1.92. The van der Waals surface area contributed by atoms with Crippen LogP contribution in [0.1, 0.15) is 31.2 Å². The number of hydrogen-bond donors (Lipinski definition) is 2. The summed E-state index contributed by atoms with van der Waals surface area (Å²) in [6, 6.07) is 5.90. The monoisotopic (exact) mass is 403 g/mol. The molecule has 5 nitrogen and oxygen atoms in total. The summed E-state index contributed by atoms with van der Waals surface area (Å²) in [6.07, 6.45) is 4.66. The maximum absolute atomic E-state index is 12.3. The molecular weight excluding hydrogens is 373 g/mol. The molecule has 2 aliphatic rings. The number of anilines is 1. The van der Waals surface area contributed by atoms with Crippen molar-refractivity contribution >= 4 is 36.4 Å². The van der Waals surface area contributed by atoms with Crippen LogP contribution in [0.4, 0.5) is 5.69 Å². The van der Waals surface area contributed by atoms with E-state index in [2.05, 4.69) is 15.5 Å². The molecule has 0 radical (unpaired) electrons.